The number of hydrogen-bond donors (Lipinski definition) is 2. The van der Waals surface area contributed by atoms with Crippen LogP contribution in [0.4, 0.5) is 0 Å². The van der Waals surface area contributed by atoms with Crippen molar-refractivity contribution < 1.29 is 34.5 Å². The number of carbonyl (C=O) groups is 1. The quantitative estimate of drug-likeness (QED) is 0.527. The van der Waals surface area contributed by atoms with Crippen molar-refractivity contribution in [2.24, 2.45) is 0 Å². The van der Waals surface area contributed by atoms with Gasteiger partial charge in [0.25, 0.3) is 0 Å². The second-order valence-corrected chi connectivity index (χ2v) is 2.35. The van der Waals surface area contributed by atoms with E-state index >= 15 is 0 Å². The summed E-state index contributed by atoms with van der Waals surface area (Å²) in [5.74, 6) is -1.11. The van der Waals surface area contributed by atoms with Crippen LogP contribution >= 0.6 is 0 Å². The summed E-state index contributed by atoms with van der Waals surface area (Å²) in [6, 6.07) is 0. The Labute approximate surface area is 79.6 Å². The molecule has 0 aliphatic carbocycles. The van der Waals surface area contributed by atoms with E-state index in [1.807, 2.05) is 6.92 Å². The third-order valence-electron chi connectivity index (χ3n) is 1.37. The molecule has 0 bridgehead atoms. The molecule has 1 unspecified atom stereocenters. The van der Waals surface area contributed by atoms with Gasteiger partial charge >= 0.3 is 5.97 Å². The summed E-state index contributed by atoms with van der Waals surface area (Å²) in [4.78, 5) is 10.0. The maximum atomic E-state index is 10.0. The largest absolute Gasteiger partial charge is 0.479 e. The second-order valence-electron chi connectivity index (χ2n) is 2.35. The molecule has 0 aromatic rings. The standard InChI is InChI=1S/C7H14O3.Zn/c1-2-3-4-5-6(8)7(9)10;/h6,8H,2-5H2,1H3,(H,9,10);. The van der Waals surface area contributed by atoms with E-state index in [1.54, 1.807) is 0 Å². The van der Waals surface area contributed by atoms with Crippen molar-refractivity contribution in [1.82, 2.24) is 0 Å². The van der Waals surface area contributed by atoms with Crippen molar-refractivity contribution in [2.75, 3.05) is 0 Å². The van der Waals surface area contributed by atoms with Gasteiger partial charge in [-0.15, -0.1) is 0 Å². The molecule has 11 heavy (non-hydrogen) atoms. The number of aliphatic hydroxyl groups is 1. The summed E-state index contributed by atoms with van der Waals surface area (Å²) in [6.45, 7) is 2.03. The average molecular weight is 212 g/mol. The van der Waals surface area contributed by atoms with Crippen LogP contribution in [0.15, 0.2) is 0 Å². The Morgan fingerprint density at radius 1 is 1.45 bits per heavy atom. The molecule has 3 nitrogen and oxygen atoms in total. The molecular weight excluding hydrogens is 197 g/mol. The summed E-state index contributed by atoms with van der Waals surface area (Å²) in [7, 11) is 0. The molecule has 0 heterocycles. The molecule has 0 aromatic heterocycles. The maximum absolute atomic E-state index is 10.0. The van der Waals surface area contributed by atoms with Crippen LogP contribution in [0, 0.1) is 0 Å². The van der Waals surface area contributed by atoms with Gasteiger partial charge in [0.2, 0.25) is 0 Å². The molecule has 0 fully saturated rings. The van der Waals surface area contributed by atoms with Crippen molar-refractivity contribution in [3.05, 3.63) is 0 Å². The van der Waals surface area contributed by atoms with Crippen LogP contribution in [0.3, 0.4) is 0 Å². The summed E-state index contributed by atoms with van der Waals surface area (Å²) in [5, 5.41) is 17.0. The van der Waals surface area contributed by atoms with Gasteiger partial charge in [-0.3, -0.25) is 0 Å². The number of hydrogen-bond acceptors (Lipinski definition) is 2. The van der Waals surface area contributed by atoms with Crippen LogP contribution in [0.2, 0.25) is 0 Å². The first kappa shape index (κ1) is 13.6. The first-order valence-electron chi connectivity index (χ1n) is 3.59. The van der Waals surface area contributed by atoms with Crippen molar-refractivity contribution in [1.29, 1.82) is 0 Å². The van der Waals surface area contributed by atoms with E-state index in [4.69, 9.17) is 10.2 Å². The van der Waals surface area contributed by atoms with Gasteiger partial charge in [-0.1, -0.05) is 26.2 Å². The van der Waals surface area contributed by atoms with Crippen LogP contribution in [0.1, 0.15) is 32.6 Å². The molecule has 0 radical (unpaired) electrons. The van der Waals surface area contributed by atoms with E-state index in [0.29, 0.717) is 6.42 Å². The van der Waals surface area contributed by atoms with Gasteiger partial charge < -0.3 is 10.2 Å². The van der Waals surface area contributed by atoms with Gasteiger partial charge in [-0.2, -0.15) is 0 Å². The van der Waals surface area contributed by atoms with Crippen LogP contribution in [0.25, 0.3) is 0 Å². The number of carboxylic acids is 1. The molecule has 0 saturated carbocycles. The first-order valence-corrected chi connectivity index (χ1v) is 3.59. The Kier molecular flexibility index (Phi) is 10.1. The predicted octanol–water partition coefficient (Wildman–Crippen LogP) is 1.01. The van der Waals surface area contributed by atoms with Crippen molar-refractivity contribution >= 4 is 5.97 Å². The second kappa shape index (κ2) is 8.15. The minimum atomic E-state index is -1.16. The van der Waals surface area contributed by atoms with Crippen molar-refractivity contribution in [3.8, 4) is 0 Å². The molecule has 0 aliphatic heterocycles. The smallest absolute Gasteiger partial charge is 0.332 e. The van der Waals surface area contributed by atoms with E-state index in [-0.39, 0.29) is 19.5 Å². The molecule has 0 aliphatic rings. The third-order valence-corrected chi connectivity index (χ3v) is 1.37. The van der Waals surface area contributed by atoms with E-state index < -0.39 is 12.1 Å². The van der Waals surface area contributed by atoms with Crippen LogP contribution in [-0.4, -0.2) is 22.3 Å². The third kappa shape index (κ3) is 7.96. The Balaban J connectivity index is 0. The fourth-order valence-corrected chi connectivity index (χ4v) is 0.711. The number of rotatable bonds is 5. The van der Waals surface area contributed by atoms with Gasteiger partial charge in [0, 0.05) is 19.5 Å². The molecular formula is C7H14O3Zn. The predicted molar refractivity (Wildman–Crippen MR) is 37.8 cm³/mol. The zero-order valence-electron chi connectivity index (χ0n) is 6.92. The first-order chi connectivity index (χ1) is 4.68. The maximum Gasteiger partial charge on any atom is 0.332 e. The summed E-state index contributed by atoms with van der Waals surface area (Å²) < 4.78 is 0. The average Bonchev–Trinajstić information content (AvgIpc) is 1.88. The summed E-state index contributed by atoms with van der Waals surface area (Å²) in [6.07, 6.45) is 2.05. The van der Waals surface area contributed by atoms with Gasteiger partial charge in [-0.25, -0.2) is 4.79 Å². The van der Waals surface area contributed by atoms with Gasteiger partial charge in [0.1, 0.15) is 0 Å². The normalized spacial score (nSPS) is 11.8. The number of carboxylic acid groups (broad SMARTS) is 1. The van der Waals surface area contributed by atoms with Gasteiger partial charge in [0.15, 0.2) is 6.10 Å². The van der Waals surface area contributed by atoms with Crippen LogP contribution < -0.4 is 0 Å². The molecule has 4 heteroatoms. The monoisotopic (exact) mass is 210 g/mol. The zero-order valence-corrected chi connectivity index (χ0v) is 9.88. The summed E-state index contributed by atoms with van der Waals surface area (Å²) in [5.41, 5.74) is 0. The number of aliphatic carboxylic acids is 1. The van der Waals surface area contributed by atoms with Crippen molar-refractivity contribution in [2.45, 2.75) is 38.7 Å². The van der Waals surface area contributed by atoms with Crippen LogP contribution in [-0.2, 0) is 24.3 Å². The SMILES string of the molecule is CCCCCC(O)C(=O)O.[Zn]. The topological polar surface area (TPSA) is 57.5 Å². The molecule has 62 valence electrons. The molecule has 0 rings (SSSR count). The Morgan fingerprint density at radius 3 is 2.36 bits per heavy atom. The van der Waals surface area contributed by atoms with Crippen molar-refractivity contribution in [3.63, 3.8) is 0 Å². The summed E-state index contributed by atoms with van der Waals surface area (Å²) >= 11 is 0. The molecule has 2 N–H and O–H groups in total. The Morgan fingerprint density at radius 2 is 2.00 bits per heavy atom. The van der Waals surface area contributed by atoms with E-state index in [1.165, 1.54) is 0 Å². The van der Waals surface area contributed by atoms with Crippen LogP contribution in [0.5, 0.6) is 0 Å². The van der Waals surface area contributed by atoms with E-state index in [0.717, 1.165) is 19.3 Å². The number of unbranched alkanes of at least 4 members (excludes halogenated alkanes) is 2. The van der Waals surface area contributed by atoms with Gasteiger partial charge in [-0.05, 0) is 6.42 Å². The van der Waals surface area contributed by atoms with E-state index in [2.05, 4.69) is 0 Å². The molecule has 0 aromatic carbocycles. The zero-order chi connectivity index (χ0) is 7.98. The van der Waals surface area contributed by atoms with Gasteiger partial charge in [0.05, 0.1) is 0 Å². The number of aliphatic hydroxyl groups excluding tert-OH is 1. The molecule has 1 atom stereocenters. The Bertz CT molecular complexity index is 106. The minimum Gasteiger partial charge on any atom is -0.479 e. The minimum absolute atomic E-state index is 0. The van der Waals surface area contributed by atoms with E-state index in [9.17, 15) is 4.79 Å². The molecule has 0 amide bonds. The fourth-order valence-electron chi connectivity index (χ4n) is 0.711. The molecule has 0 saturated heterocycles. The Hall–Kier alpha value is 0.0534. The fraction of sp³-hybridized carbons (Fsp3) is 0.857. The molecule has 0 spiro atoms.